The van der Waals surface area contributed by atoms with Crippen LogP contribution in [0.2, 0.25) is 0 Å². The van der Waals surface area contributed by atoms with Crippen LogP contribution >= 0.6 is 0 Å². The summed E-state index contributed by atoms with van der Waals surface area (Å²) in [4.78, 5) is 4.32. The second-order valence-corrected chi connectivity index (χ2v) is 6.21. The van der Waals surface area contributed by atoms with E-state index in [-0.39, 0.29) is 24.4 Å². The van der Waals surface area contributed by atoms with Crippen molar-refractivity contribution in [3.63, 3.8) is 0 Å². The molecule has 0 spiro atoms. The van der Waals surface area contributed by atoms with E-state index < -0.39 is 0 Å². The zero-order valence-corrected chi connectivity index (χ0v) is 13.6. The molecule has 2 atom stereocenters. The molecule has 1 aromatic carbocycles. The summed E-state index contributed by atoms with van der Waals surface area (Å²) in [6.07, 6.45) is 4.34. The summed E-state index contributed by atoms with van der Waals surface area (Å²) in [6.45, 7) is 1.38. The van der Waals surface area contributed by atoms with Gasteiger partial charge >= 0.3 is 0 Å². The normalized spacial score (nSPS) is 18.3. The molecule has 3 rings (SSSR count). The van der Waals surface area contributed by atoms with Crippen LogP contribution in [0.3, 0.4) is 0 Å². The van der Waals surface area contributed by atoms with Crippen LogP contribution in [0, 0.1) is 11.7 Å². The van der Waals surface area contributed by atoms with E-state index in [4.69, 9.17) is 4.74 Å². The summed E-state index contributed by atoms with van der Waals surface area (Å²) < 4.78 is 19.1. The van der Waals surface area contributed by atoms with Gasteiger partial charge in [-0.15, -0.1) is 0 Å². The second kappa shape index (κ2) is 8.22. The zero-order valence-electron chi connectivity index (χ0n) is 13.6. The maximum Gasteiger partial charge on any atom is 0.126 e. The Bertz CT molecular complexity index is 651. The molecule has 0 bridgehead atoms. The first-order valence-electron chi connectivity index (χ1n) is 8.42. The van der Waals surface area contributed by atoms with E-state index in [1.807, 2.05) is 18.2 Å². The predicted octanol–water partition coefficient (Wildman–Crippen LogP) is 2.88. The number of aliphatic hydroxyl groups is 1. The van der Waals surface area contributed by atoms with Crippen LogP contribution < -0.4 is 10.1 Å². The van der Waals surface area contributed by atoms with Gasteiger partial charge < -0.3 is 15.2 Å². The Labute approximate surface area is 141 Å². The Morgan fingerprint density at radius 1 is 1.33 bits per heavy atom. The lowest BCUT2D eigenvalue weighted by Crippen LogP contribution is -2.30. The van der Waals surface area contributed by atoms with Crippen LogP contribution in [0.5, 0.6) is 5.75 Å². The molecule has 2 aromatic rings. The van der Waals surface area contributed by atoms with Crippen molar-refractivity contribution in [2.45, 2.75) is 25.3 Å². The maximum atomic E-state index is 13.4. The van der Waals surface area contributed by atoms with Crippen molar-refractivity contribution in [2.75, 3.05) is 19.8 Å². The molecule has 5 heteroatoms. The summed E-state index contributed by atoms with van der Waals surface area (Å²) >= 11 is 0. The fourth-order valence-electron chi connectivity index (χ4n) is 3.08. The molecular formula is C19H23FN2O2. The lowest BCUT2D eigenvalue weighted by atomic mass is 9.99. The van der Waals surface area contributed by atoms with Crippen molar-refractivity contribution in [2.24, 2.45) is 5.92 Å². The third-order valence-electron chi connectivity index (χ3n) is 4.38. The number of ether oxygens (including phenoxy) is 1. The fraction of sp³-hybridized carbons (Fsp3) is 0.421. The number of pyridine rings is 1. The van der Waals surface area contributed by atoms with Gasteiger partial charge in [0.05, 0.1) is 6.61 Å². The molecule has 24 heavy (non-hydrogen) atoms. The highest BCUT2D eigenvalue weighted by Crippen LogP contribution is 2.32. The second-order valence-electron chi connectivity index (χ2n) is 6.21. The largest absolute Gasteiger partial charge is 0.493 e. The minimum absolute atomic E-state index is 0.0907. The molecule has 128 valence electrons. The van der Waals surface area contributed by atoms with Crippen molar-refractivity contribution < 1.29 is 14.2 Å². The molecule has 0 fully saturated rings. The highest BCUT2D eigenvalue weighted by molar-refractivity contribution is 5.37. The van der Waals surface area contributed by atoms with Gasteiger partial charge in [-0.3, -0.25) is 4.98 Å². The molecule has 2 N–H and O–H groups in total. The highest BCUT2D eigenvalue weighted by Gasteiger charge is 2.21. The average molecular weight is 330 g/mol. The van der Waals surface area contributed by atoms with Gasteiger partial charge in [-0.2, -0.15) is 0 Å². The number of hydrogen-bond acceptors (Lipinski definition) is 4. The molecule has 1 aromatic heterocycles. The molecule has 0 saturated heterocycles. The van der Waals surface area contributed by atoms with Crippen molar-refractivity contribution in [3.05, 3.63) is 59.7 Å². The number of fused-ring (bicyclic) bond motifs is 1. The minimum Gasteiger partial charge on any atom is -0.493 e. The summed E-state index contributed by atoms with van der Waals surface area (Å²) in [6, 6.07) is 10.6. The number of benzene rings is 1. The van der Waals surface area contributed by atoms with Crippen molar-refractivity contribution >= 4 is 0 Å². The van der Waals surface area contributed by atoms with E-state index in [1.165, 1.54) is 12.1 Å². The summed E-state index contributed by atoms with van der Waals surface area (Å²) in [5.74, 6) is 0.432. The number of aromatic nitrogens is 1. The van der Waals surface area contributed by atoms with E-state index in [0.717, 1.165) is 30.5 Å². The minimum atomic E-state index is -0.280. The van der Waals surface area contributed by atoms with E-state index >= 15 is 0 Å². The smallest absolute Gasteiger partial charge is 0.126 e. The zero-order chi connectivity index (χ0) is 16.8. The van der Waals surface area contributed by atoms with Crippen LogP contribution in [0.4, 0.5) is 4.39 Å². The monoisotopic (exact) mass is 330 g/mol. The Morgan fingerprint density at radius 2 is 2.25 bits per heavy atom. The van der Waals surface area contributed by atoms with Gasteiger partial charge in [0.2, 0.25) is 0 Å². The number of nitrogens with one attached hydrogen (secondary N) is 1. The first-order chi connectivity index (χ1) is 11.8. The van der Waals surface area contributed by atoms with Crippen LogP contribution in [-0.2, 0) is 6.42 Å². The van der Waals surface area contributed by atoms with E-state index in [0.29, 0.717) is 18.9 Å². The first kappa shape index (κ1) is 16.9. The molecule has 0 radical (unpaired) electrons. The molecule has 0 amide bonds. The van der Waals surface area contributed by atoms with Gasteiger partial charge in [0, 0.05) is 42.7 Å². The molecular weight excluding hydrogens is 307 g/mol. The predicted molar refractivity (Wildman–Crippen MR) is 90.4 cm³/mol. The van der Waals surface area contributed by atoms with Gasteiger partial charge in [-0.05, 0) is 43.4 Å². The molecule has 0 aliphatic carbocycles. The molecule has 1 aliphatic rings. The Morgan fingerprint density at radius 3 is 3.04 bits per heavy atom. The number of aliphatic hydroxyl groups excluding tert-OH is 1. The SMILES string of the molecule is OC[C@H](CN[C@@H]1CCCOc2cc(F)ccc21)Cc1ccccn1. The van der Waals surface area contributed by atoms with Crippen LogP contribution in [-0.4, -0.2) is 29.8 Å². The van der Waals surface area contributed by atoms with Gasteiger partial charge in [-0.25, -0.2) is 4.39 Å². The van der Waals surface area contributed by atoms with E-state index in [1.54, 1.807) is 12.3 Å². The van der Waals surface area contributed by atoms with Gasteiger partial charge in [0.15, 0.2) is 0 Å². The number of halogens is 1. The summed E-state index contributed by atoms with van der Waals surface area (Å²) in [5, 5.41) is 13.2. The van der Waals surface area contributed by atoms with Crippen molar-refractivity contribution in [1.29, 1.82) is 0 Å². The third kappa shape index (κ3) is 4.30. The third-order valence-corrected chi connectivity index (χ3v) is 4.38. The van der Waals surface area contributed by atoms with Gasteiger partial charge in [0.1, 0.15) is 11.6 Å². The molecule has 2 heterocycles. The maximum absolute atomic E-state index is 13.4. The van der Waals surface area contributed by atoms with E-state index in [2.05, 4.69) is 10.3 Å². The molecule has 0 unspecified atom stereocenters. The Hall–Kier alpha value is -1.98. The standard InChI is InChI=1S/C19H23FN2O2/c20-15-6-7-17-18(5-3-9-24-19(17)11-15)22-12-14(13-23)10-16-4-1-2-8-21-16/h1-2,4,6-8,11,14,18,22-23H,3,5,9-10,12-13H2/t14-,18+/m0/s1. The van der Waals surface area contributed by atoms with Crippen molar-refractivity contribution in [3.8, 4) is 5.75 Å². The van der Waals surface area contributed by atoms with Crippen LogP contribution in [0.1, 0.15) is 30.1 Å². The number of nitrogens with zero attached hydrogens (tertiary/aromatic N) is 1. The topological polar surface area (TPSA) is 54.4 Å². The van der Waals surface area contributed by atoms with Gasteiger partial charge in [-0.1, -0.05) is 12.1 Å². The average Bonchev–Trinajstić information content (AvgIpc) is 2.81. The van der Waals surface area contributed by atoms with Gasteiger partial charge in [0.25, 0.3) is 0 Å². The molecule has 0 saturated carbocycles. The lowest BCUT2D eigenvalue weighted by molar-refractivity contribution is 0.216. The van der Waals surface area contributed by atoms with E-state index in [9.17, 15) is 9.50 Å². The quantitative estimate of drug-likeness (QED) is 0.855. The fourth-order valence-corrected chi connectivity index (χ4v) is 3.08. The first-order valence-corrected chi connectivity index (χ1v) is 8.42. The lowest BCUT2D eigenvalue weighted by Gasteiger charge is -2.22. The Balaban J connectivity index is 1.65. The van der Waals surface area contributed by atoms with Crippen LogP contribution in [0.15, 0.2) is 42.6 Å². The molecule has 1 aliphatic heterocycles. The summed E-state index contributed by atoms with van der Waals surface area (Å²) in [5.41, 5.74) is 1.97. The number of hydrogen-bond donors (Lipinski definition) is 2. The Kier molecular flexibility index (Phi) is 5.77. The highest BCUT2D eigenvalue weighted by atomic mass is 19.1. The summed E-state index contributed by atoms with van der Waals surface area (Å²) in [7, 11) is 0. The molecule has 4 nitrogen and oxygen atoms in total. The number of rotatable bonds is 6. The van der Waals surface area contributed by atoms with Crippen LogP contribution in [0.25, 0.3) is 0 Å². The van der Waals surface area contributed by atoms with Crippen molar-refractivity contribution in [1.82, 2.24) is 10.3 Å².